The number of benzene rings is 2. The molecular weight excluding hydrogens is 360 g/mol. The van der Waals surface area contributed by atoms with Gasteiger partial charge in [0.2, 0.25) is 5.91 Å². The molecule has 2 aliphatic heterocycles. The predicted molar refractivity (Wildman–Crippen MR) is 109 cm³/mol. The molecule has 0 bridgehead atoms. The van der Waals surface area contributed by atoms with E-state index in [0.29, 0.717) is 18.1 Å². The van der Waals surface area contributed by atoms with Crippen LogP contribution in [0.15, 0.2) is 36.4 Å². The normalized spacial score (nSPS) is 19.4. The Bertz CT molecular complexity index is 859. The van der Waals surface area contributed by atoms with Gasteiger partial charge in [0.15, 0.2) is 0 Å². The maximum Gasteiger partial charge on any atom is 0.229 e. The zero-order chi connectivity index (χ0) is 19.0. The maximum atomic E-state index is 13.0. The van der Waals surface area contributed by atoms with Gasteiger partial charge in [0.25, 0.3) is 0 Å². The van der Waals surface area contributed by atoms with Crippen LogP contribution in [0.2, 0.25) is 5.02 Å². The minimum atomic E-state index is -0.122. The van der Waals surface area contributed by atoms with Crippen molar-refractivity contribution in [1.29, 1.82) is 0 Å². The van der Waals surface area contributed by atoms with Crippen molar-refractivity contribution in [2.75, 3.05) is 37.7 Å². The first-order chi connectivity index (χ1) is 13.0. The van der Waals surface area contributed by atoms with E-state index in [1.807, 2.05) is 23.1 Å². The van der Waals surface area contributed by atoms with E-state index >= 15 is 0 Å². The maximum absolute atomic E-state index is 13.0. The topological polar surface area (TPSA) is 32.8 Å². The molecule has 1 atom stereocenters. The molecule has 1 saturated heterocycles. The average Bonchev–Trinajstić information content (AvgIpc) is 2.69. The van der Waals surface area contributed by atoms with Gasteiger partial charge >= 0.3 is 0 Å². The third-order valence-corrected chi connectivity index (χ3v) is 6.02. The van der Waals surface area contributed by atoms with Crippen molar-refractivity contribution < 1.29 is 9.53 Å². The van der Waals surface area contributed by atoms with Crippen LogP contribution in [-0.4, -0.2) is 43.6 Å². The van der Waals surface area contributed by atoms with Gasteiger partial charge in [-0.05, 0) is 61.2 Å². The molecule has 0 saturated carbocycles. The van der Waals surface area contributed by atoms with E-state index in [1.165, 1.54) is 16.8 Å². The van der Waals surface area contributed by atoms with Crippen molar-refractivity contribution in [1.82, 2.24) is 4.90 Å². The first kappa shape index (κ1) is 18.2. The second-order valence-electron chi connectivity index (χ2n) is 7.50. The van der Waals surface area contributed by atoms with Crippen LogP contribution in [0.3, 0.4) is 0 Å². The summed E-state index contributed by atoms with van der Waals surface area (Å²) in [4.78, 5) is 17.4. The average molecular weight is 385 g/mol. The van der Waals surface area contributed by atoms with E-state index in [9.17, 15) is 4.79 Å². The minimum absolute atomic E-state index is 0.122. The van der Waals surface area contributed by atoms with Crippen molar-refractivity contribution >= 4 is 23.2 Å². The number of halogens is 1. The minimum Gasteiger partial charge on any atom is -0.492 e. The summed E-state index contributed by atoms with van der Waals surface area (Å²) in [5, 5.41) is 0.688. The number of fused-ring (bicyclic) bond motifs is 1. The molecule has 2 aromatic rings. The summed E-state index contributed by atoms with van der Waals surface area (Å²) >= 11 is 6.09. The van der Waals surface area contributed by atoms with Gasteiger partial charge in [0, 0.05) is 36.9 Å². The van der Waals surface area contributed by atoms with Crippen molar-refractivity contribution in [3.63, 3.8) is 0 Å². The standard InChI is InChI=1S/C22H25ClN2O2/c1-15-4-3-5-20(16(15)2)24-8-10-25(11-9-24)22(26)18-12-17-13-19(23)6-7-21(17)27-14-18/h3-7,13,18H,8-12,14H2,1-2H3. The largest absolute Gasteiger partial charge is 0.492 e. The van der Waals surface area contributed by atoms with Gasteiger partial charge in [0.05, 0.1) is 5.92 Å². The number of piperazine rings is 1. The zero-order valence-corrected chi connectivity index (χ0v) is 16.6. The lowest BCUT2D eigenvalue weighted by Crippen LogP contribution is -2.51. The van der Waals surface area contributed by atoms with E-state index in [0.717, 1.165) is 37.5 Å². The summed E-state index contributed by atoms with van der Waals surface area (Å²) < 4.78 is 5.81. The summed E-state index contributed by atoms with van der Waals surface area (Å²) in [6.45, 7) is 8.01. The molecule has 1 unspecified atom stereocenters. The Kier molecular flexibility index (Phi) is 5.00. The van der Waals surface area contributed by atoms with Crippen LogP contribution in [-0.2, 0) is 11.2 Å². The van der Waals surface area contributed by atoms with Crippen LogP contribution in [0.5, 0.6) is 5.75 Å². The Labute approximate surface area is 165 Å². The van der Waals surface area contributed by atoms with Gasteiger partial charge in [-0.1, -0.05) is 23.7 Å². The quantitative estimate of drug-likeness (QED) is 0.788. The Morgan fingerprint density at radius 3 is 2.67 bits per heavy atom. The molecule has 0 aromatic heterocycles. The number of nitrogens with zero attached hydrogens (tertiary/aromatic N) is 2. The summed E-state index contributed by atoms with van der Waals surface area (Å²) in [5.74, 6) is 0.924. The van der Waals surface area contributed by atoms with Crippen molar-refractivity contribution in [3.8, 4) is 5.75 Å². The molecule has 4 rings (SSSR count). The van der Waals surface area contributed by atoms with Crippen LogP contribution < -0.4 is 9.64 Å². The summed E-state index contributed by atoms with van der Waals surface area (Å²) in [7, 11) is 0. The first-order valence-corrected chi connectivity index (χ1v) is 9.92. The predicted octanol–water partition coefficient (Wildman–Crippen LogP) is 3.86. The first-order valence-electron chi connectivity index (χ1n) is 9.54. The number of hydrogen-bond donors (Lipinski definition) is 0. The Balaban J connectivity index is 1.40. The third kappa shape index (κ3) is 3.63. The molecule has 0 aliphatic carbocycles. The highest BCUT2D eigenvalue weighted by atomic mass is 35.5. The summed E-state index contributed by atoms with van der Waals surface area (Å²) in [6.07, 6.45) is 0.700. The molecule has 1 fully saturated rings. The SMILES string of the molecule is Cc1cccc(N2CCN(C(=O)C3COc4ccc(Cl)cc4C3)CC2)c1C. The Morgan fingerprint density at radius 1 is 1.11 bits per heavy atom. The fourth-order valence-electron chi connectivity index (χ4n) is 4.03. The van der Waals surface area contributed by atoms with Crippen LogP contribution >= 0.6 is 11.6 Å². The lowest BCUT2D eigenvalue weighted by Gasteiger charge is -2.39. The number of ether oxygens (including phenoxy) is 1. The van der Waals surface area contributed by atoms with Gasteiger partial charge < -0.3 is 14.5 Å². The summed E-state index contributed by atoms with van der Waals surface area (Å²) in [6, 6.07) is 12.1. The van der Waals surface area contributed by atoms with Gasteiger partial charge in [-0.2, -0.15) is 0 Å². The van der Waals surface area contributed by atoms with E-state index < -0.39 is 0 Å². The molecule has 4 nitrogen and oxygen atoms in total. The zero-order valence-electron chi connectivity index (χ0n) is 15.9. The fraction of sp³-hybridized carbons (Fsp3) is 0.409. The number of carbonyl (C=O) groups excluding carboxylic acids is 1. The van der Waals surface area contributed by atoms with E-state index in [-0.39, 0.29) is 11.8 Å². The second-order valence-corrected chi connectivity index (χ2v) is 7.93. The van der Waals surface area contributed by atoms with Crippen LogP contribution in [0.4, 0.5) is 5.69 Å². The van der Waals surface area contributed by atoms with Crippen LogP contribution in [0, 0.1) is 19.8 Å². The smallest absolute Gasteiger partial charge is 0.229 e. The number of carbonyl (C=O) groups is 1. The highest BCUT2D eigenvalue weighted by Crippen LogP contribution is 2.31. The number of anilines is 1. The third-order valence-electron chi connectivity index (χ3n) is 5.79. The molecule has 0 N–H and O–H groups in total. The number of rotatable bonds is 2. The Hall–Kier alpha value is -2.20. The van der Waals surface area contributed by atoms with Crippen LogP contribution in [0.25, 0.3) is 0 Å². The van der Waals surface area contributed by atoms with Crippen molar-refractivity contribution in [2.45, 2.75) is 20.3 Å². The van der Waals surface area contributed by atoms with Gasteiger partial charge in [-0.25, -0.2) is 0 Å². The number of aryl methyl sites for hydroxylation is 1. The molecule has 5 heteroatoms. The fourth-order valence-corrected chi connectivity index (χ4v) is 4.22. The number of amides is 1. The molecule has 2 aromatic carbocycles. The number of hydrogen-bond acceptors (Lipinski definition) is 3. The van der Waals surface area contributed by atoms with Gasteiger partial charge in [-0.15, -0.1) is 0 Å². The molecule has 0 radical (unpaired) electrons. The van der Waals surface area contributed by atoms with E-state index in [1.54, 1.807) is 0 Å². The van der Waals surface area contributed by atoms with Crippen LogP contribution in [0.1, 0.15) is 16.7 Å². The van der Waals surface area contributed by atoms with E-state index in [4.69, 9.17) is 16.3 Å². The van der Waals surface area contributed by atoms with Crippen molar-refractivity contribution in [2.24, 2.45) is 5.92 Å². The Morgan fingerprint density at radius 2 is 1.89 bits per heavy atom. The monoisotopic (exact) mass is 384 g/mol. The highest BCUT2D eigenvalue weighted by Gasteiger charge is 2.31. The molecular formula is C22H25ClN2O2. The molecule has 142 valence electrons. The van der Waals surface area contributed by atoms with E-state index in [2.05, 4.69) is 36.9 Å². The molecule has 2 heterocycles. The molecule has 27 heavy (non-hydrogen) atoms. The molecule has 2 aliphatic rings. The molecule has 0 spiro atoms. The van der Waals surface area contributed by atoms with Crippen molar-refractivity contribution in [3.05, 3.63) is 58.1 Å². The lowest BCUT2D eigenvalue weighted by molar-refractivity contribution is -0.137. The van der Waals surface area contributed by atoms with Gasteiger partial charge in [0.1, 0.15) is 12.4 Å². The lowest BCUT2D eigenvalue weighted by atomic mass is 9.95. The van der Waals surface area contributed by atoms with Gasteiger partial charge in [-0.3, -0.25) is 4.79 Å². The summed E-state index contributed by atoms with van der Waals surface area (Å²) in [5.41, 5.74) is 4.95. The second kappa shape index (κ2) is 7.43. The highest BCUT2D eigenvalue weighted by molar-refractivity contribution is 6.30. The molecule has 1 amide bonds.